The number of hydrogen-bond donors (Lipinski definition) is 3. The van der Waals surface area contributed by atoms with Crippen LogP contribution in [-0.2, 0) is 31.4 Å². The Morgan fingerprint density at radius 3 is 2.43 bits per heavy atom. The molecular formula is C28H31F4N5O4S. The number of nitrogens with two attached hydrogens (primary N) is 1. The molecule has 9 nitrogen and oxygen atoms in total. The summed E-state index contributed by atoms with van der Waals surface area (Å²) in [5.41, 5.74) is -0.359. The van der Waals surface area contributed by atoms with Gasteiger partial charge in [-0.25, -0.2) is 4.39 Å². The highest BCUT2D eigenvalue weighted by molar-refractivity contribution is 7.93. The molecule has 1 aromatic heterocycles. The van der Waals surface area contributed by atoms with Gasteiger partial charge in [-0.3, -0.25) is 13.9 Å². The second kappa shape index (κ2) is 10.3. The molecule has 0 radical (unpaired) electrons. The molecule has 3 heterocycles. The lowest BCUT2D eigenvalue weighted by molar-refractivity contribution is -0.138. The number of amides is 2. The lowest BCUT2D eigenvalue weighted by Crippen LogP contribution is -2.58. The first kappa shape index (κ1) is 29.8. The molecule has 0 saturated carbocycles. The fourth-order valence-electron chi connectivity index (χ4n) is 5.80. The van der Waals surface area contributed by atoms with Gasteiger partial charge in [0.1, 0.15) is 11.9 Å². The summed E-state index contributed by atoms with van der Waals surface area (Å²) in [4.78, 5) is 31.3. The Hall–Kier alpha value is -3.65. The summed E-state index contributed by atoms with van der Waals surface area (Å²) < 4.78 is 79.9. The number of nitrogens with zero attached hydrogens (tertiary/aromatic N) is 2. The smallest absolute Gasteiger partial charge is 0.361 e. The van der Waals surface area contributed by atoms with Crippen LogP contribution in [-0.4, -0.2) is 66.8 Å². The molecular weight excluding hydrogens is 578 g/mol. The predicted molar refractivity (Wildman–Crippen MR) is 148 cm³/mol. The molecule has 14 heteroatoms. The summed E-state index contributed by atoms with van der Waals surface area (Å²) >= 11 is 0. The van der Waals surface area contributed by atoms with Crippen LogP contribution in [0.15, 0.2) is 48.7 Å². The Morgan fingerprint density at radius 1 is 1.12 bits per heavy atom. The number of sulfonamides is 1. The third-order valence-corrected chi connectivity index (χ3v) is 9.64. The topological polar surface area (TPSA) is 129 Å². The average Bonchev–Trinajstić information content (AvgIpc) is 3.46. The van der Waals surface area contributed by atoms with Crippen molar-refractivity contribution in [2.75, 3.05) is 23.9 Å². The van der Waals surface area contributed by atoms with Crippen LogP contribution < -0.4 is 15.4 Å². The molecule has 2 amide bonds. The first-order valence-corrected chi connectivity index (χ1v) is 14.8. The summed E-state index contributed by atoms with van der Waals surface area (Å²) in [6.07, 6.45) is 2.10. The van der Waals surface area contributed by atoms with Crippen molar-refractivity contribution in [3.8, 4) is 0 Å². The van der Waals surface area contributed by atoms with Gasteiger partial charge in [-0.05, 0) is 62.1 Å². The first-order chi connectivity index (χ1) is 19.5. The maximum absolute atomic E-state index is 14.3. The minimum atomic E-state index is -5.73. The van der Waals surface area contributed by atoms with Crippen LogP contribution in [0.4, 0.5) is 23.2 Å². The molecule has 4 N–H and O–H groups in total. The molecule has 3 aromatic rings. The van der Waals surface area contributed by atoms with E-state index in [4.69, 9.17) is 5.73 Å². The highest BCUT2D eigenvalue weighted by Gasteiger charge is 2.57. The molecule has 226 valence electrons. The number of alkyl halides is 3. The highest BCUT2D eigenvalue weighted by Crippen LogP contribution is 2.50. The van der Waals surface area contributed by atoms with E-state index >= 15 is 0 Å². The predicted octanol–water partition coefficient (Wildman–Crippen LogP) is 3.30. The first-order valence-electron chi connectivity index (χ1n) is 13.4. The standard InChI is InChI=1S/C28H31F4N5O4S/c1-26(2,33)25(39)35-22(13-17-15-34-21-6-4-3-5-19(17)21)24(38)36-11-9-27(10-12-36)16-37(42(40,41)28(30,31)32)23-8-7-18(29)14-20(23)27/h3-8,14-15,22,34H,9-13,16,33H2,1-2H3,(H,35,39). The zero-order chi connectivity index (χ0) is 30.7. The number of nitrogens with one attached hydrogen (secondary N) is 2. The highest BCUT2D eigenvalue weighted by atomic mass is 32.2. The lowest BCUT2D eigenvalue weighted by atomic mass is 9.74. The molecule has 2 aromatic carbocycles. The van der Waals surface area contributed by atoms with Gasteiger partial charge in [0.15, 0.2) is 0 Å². The third kappa shape index (κ3) is 5.21. The Balaban J connectivity index is 1.40. The van der Waals surface area contributed by atoms with Crippen LogP contribution >= 0.6 is 0 Å². The monoisotopic (exact) mass is 609 g/mol. The number of carbonyl (C=O) groups excluding carboxylic acids is 2. The normalized spacial score (nSPS) is 17.9. The number of anilines is 1. The Kier molecular flexibility index (Phi) is 7.29. The number of aromatic amines is 1. The van der Waals surface area contributed by atoms with Gasteiger partial charge in [-0.2, -0.15) is 21.6 Å². The van der Waals surface area contributed by atoms with Crippen LogP contribution in [0.1, 0.15) is 37.8 Å². The van der Waals surface area contributed by atoms with Gasteiger partial charge in [0.25, 0.3) is 0 Å². The van der Waals surface area contributed by atoms with Gasteiger partial charge < -0.3 is 20.9 Å². The van der Waals surface area contributed by atoms with Gasteiger partial charge in [0, 0.05) is 48.6 Å². The van der Waals surface area contributed by atoms with Crippen molar-refractivity contribution in [3.05, 3.63) is 65.6 Å². The van der Waals surface area contributed by atoms with E-state index in [1.54, 1.807) is 6.20 Å². The molecule has 1 fully saturated rings. The number of hydrogen-bond acceptors (Lipinski definition) is 5. The zero-order valence-corrected chi connectivity index (χ0v) is 23.8. The number of aromatic nitrogens is 1. The van der Waals surface area contributed by atoms with Crippen LogP contribution in [0, 0.1) is 5.82 Å². The molecule has 1 unspecified atom stereocenters. The number of likely N-dealkylation sites (tertiary alicyclic amines) is 1. The van der Waals surface area contributed by atoms with E-state index in [2.05, 4.69) is 10.3 Å². The molecule has 5 rings (SSSR count). The maximum Gasteiger partial charge on any atom is 0.516 e. The second-order valence-electron chi connectivity index (χ2n) is 11.5. The fourth-order valence-corrected chi connectivity index (χ4v) is 6.89. The van der Waals surface area contributed by atoms with Gasteiger partial charge in [-0.15, -0.1) is 0 Å². The van der Waals surface area contributed by atoms with Crippen LogP contribution in [0.25, 0.3) is 10.9 Å². The molecule has 1 spiro atoms. The number of piperidine rings is 1. The zero-order valence-electron chi connectivity index (χ0n) is 23.0. The molecule has 2 aliphatic rings. The number of carbonyl (C=O) groups is 2. The molecule has 2 aliphatic heterocycles. The minimum absolute atomic E-state index is 0.0565. The summed E-state index contributed by atoms with van der Waals surface area (Å²) in [5, 5.41) is 3.63. The number of rotatable bonds is 6. The number of benzene rings is 2. The molecule has 1 atom stereocenters. The van der Waals surface area contributed by atoms with Crippen LogP contribution in [0.5, 0.6) is 0 Å². The summed E-state index contributed by atoms with van der Waals surface area (Å²) in [5.74, 6) is -1.66. The SMILES string of the molecule is CC(C)(N)C(=O)NC(Cc1c[nH]c2ccccc12)C(=O)N1CCC2(CC1)CN(S(=O)(=O)C(F)(F)F)c1ccc(F)cc12. The van der Waals surface area contributed by atoms with Crippen molar-refractivity contribution in [3.63, 3.8) is 0 Å². The summed E-state index contributed by atoms with van der Waals surface area (Å²) in [6, 6.07) is 9.53. The number of para-hydroxylation sites is 1. The number of halogens is 4. The maximum atomic E-state index is 14.3. The Labute approximate surface area is 240 Å². The Morgan fingerprint density at radius 2 is 1.79 bits per heavy atom. The van der Waals surface area contributed by atoms with Crippen molar-refractivity contribution in [1.29, 1.82) is 0 Å². The quantitative estimate of drug-likeness (QED) is 0.370. The van der Waals surface area contributed by atoms with Crippen LogP contribution in [0.2, 0.25) is 0 Å². The van der Waals surface area contributed by atoms with E-state index in [0.29, 0.717) is 4.31 Å². The third-order valence-electron chi connectivity index (χ3n) is 8.15. The van der Waals surface area contributed by atoms with E-state index in [9.17, 15) is 35.6 Å². The largest absolute Gasteiger partial charge is 0.516 e. The fraction of sp³-hybridized carbons (Fsp3) is 0.429. The molecule has 0 aliphatic carbocycles. The lowest BCUT2D eigenvalue weighted by Gasteiger charge is -2.41. The summed E-state index contributed by atoms with van der Waals surface area (Å²) in [7, 11) is -5.73. The van der Waals surface area contributed by atoms with Gasteiger partial charge in [0.05, 0.1) is 11.2 Å². The van der Waals surface area contributed by atoms with Gasteiger partial charge >= 0.3 is 15.5 Å². The Bertz CT molecular complexity index is 1640. The molecule has 0 bridgehead atoms. The van der Waals surface area contributed by atoms with Gasteiger partial charge in [-0.1, -0.05) is 18.2 Å². The molecule has 42 heavy (non-hydrogen) atoms. The number of fused-ring (bicyclic) bond motifs is 3. The number of H-pyrrole nitrogens is 1. The van der Waals surface area contributed by atoms with E-state index in [-0.39, 0.29) is 43.6 Å². The van der Waals surface area contributed by atoms with Crippen molar-refractivity contribution < 1.29 is 35.6 Å². The van der Waals surface area contributed by atoms with Crippen LogP contribution in [0.3, 0.4) is 0 Å². The van der Waals surface area contributed by atoms with E-state index in [1.807, 2.05) is 24.3 Å². The van der Waals surface area contributed by atoms with Crippen molar-refractivity contribution in [2.24, 2.45) is 5.73 Å². The van der Waals surface area contributed by atoms with Gasteiger partial charge in [0.2, 0.25) is 11.8 Å². The van der Waals surface area contributed by atoms with Crippen molar-refractivity contribution in [1.82, 2.24) is 15.2 Å². The second-order valence-corrected chi connectivity index (χ2v) is 13.4. The van der Waals surface area contributed by atoms with Crippen molar-refractivity contribution >= 4 is 38.4 Å². The molecule has 1 saturated heterocycles. The van der Waals surface area contributed by atoms with E-state index in [0.717, 1.165) is 34.7 Å². The van der Waals surface area contributed by atoms with E-state index < -0.39 is 56.7 Å². The summed E-state index contributed by atoms with van der Waals surface area (Å²) in [6.45, 7) is 2.61. The van der Waals surface area contributed by atoms with Crippen molar-refractivity contribution in [2.45, 2.75) is 55.6 Å². The van der Waals surface area contributed by atoms with E-state index in [1.165, 1.54) is 18.7 Å². The minimum Gasteiger partial charge on any atom is -0.361 e. The average molecular weight is 610 g/mol.